The van der Waals surface area contributed by atoms with Gasteiger partial charge in [-0.25, -0.2) is 0 Å². The number of likely N-dealkylation sites (tertiary alicyclic amines) is 1. The minimum Gasteiger partial charge on any atom is -0.356 e. The van der Waals surface area contributed by atoms with Crippen molar-refractivity contribution in [3.63, 3.8) is 0 Å². The van der Waals surface area contributed by atoms with Crippen LogP contribution in [-0.2, 0) is 16.0 Å². The van der Waals surface area contributed by atoms with E-state index in [1.165, 1.54) is 10.4 Å². The molecule has 1 aliphatic carbocycles. The Morgan fingerprint density at radius 2 is 2.00 bits per heavy atom. The first-order chi connectivity index (χ1) is 14.0. The van der Waals surface area contributed by atoms with Crippen molar-refractivity contribution in [2.45, 2.75) is 39.5 Å². The molecule has 2 heterocycles. The number of nitrogens with one attached hydrogen (secondary N) is 1. The fraction of sp³-hybridized carbons (Fsp3) is 0.500. The second-order valence-electron chi connectivity index (χ2n) is 8.67. The monoisotopic (exact) mass is 410 g/mol. The molecule has 2 fully saturated rings. The molecule has 4 rings (SSSR count). The molecule has 2 amide bonds. The summed E-state index contributed by atoms with van der Waals surface area (Å²) in [5.41, 5.74) is 1.83. The van der Waals surface area contributed by atoms with Gasteiger partial charge in [-0.3, -0.25) is 9.59 Å². The summed E-state index contributed by atoms with van der Waals surface area (Å²) in [7, 11) is 0. The zero-order valence-electron chi connectivity index (χ0n) is 17.3. The van der Waals surface area contributed by atoms with E-state index < -0.39 is 5.41 Å². The average molecular weight is 411 g/mol. The maximum absolute atomic E-state index is 13.1. The lowest BCUT2D eigenvalue weighted by molar-refractivity contribution is -0.142. The lowest BCUT2D eigenvalue weighted by Crippen LogP contribution is -2.54. The Morgan fingerprint density at radius 1 is 1.24 bits per heavy atom. The van der Waals surface area contributed by atoms with E-state index in [2.05, 4.69) is 54.0 Å². The maximum Gasteiger partial charge on any atom is 0.228 e. The van der Waals surface area contributed by atoms with Gasteiger partial charge in [0.1, 0.15) is 0 Å². The number of benzene rings is 1. The summed E-state index contributed by atoms with van der Waals surface area (Å²) in [6.45, 7) is 6.03. The molecule has 4 nitrogen and oxygen atoms in total. The van der Waals surface area contributed by atoms with Gasteiger partial charge in [-0.05, 0) is 61.1 Å². The van der Waals surface area contributed by atoms with Crippen LogP contribution in [0.1, 0.15) is 38.7 Å². The molecular weight excluding hydrogens is 380 g/mol. The highest BCUT2D eigenvalue weighted by Crippen LogP contribution is 2.42. The van der Waals surface area contributed by atoms with Gasteiger partial charge >= 0.3 is 0 Å². The molecular formula is C24H30N2O2S. The standard InChI is InChI=1S/C24H30N2O2S/c1-3-25-23(28)24(11-5-12-26(16-24)22(27)20-14-17(20)2)15-18-7-9-19(10-8-18)21-6-4-13-29-21/h4,6-10,13,17,20H,3,5,11-12,14-16H2,1-2H3,(H,25,28)/t17-,20-,24-/m0/s1. The summed E-state index contributed by atoms with van der Waals surface area (Å²) in [5, 5.41) is 5.13. The van der Waals surface area contributed by atoms with Crippen LogP contribution in [0.3, 0.4) is 0 Å². The first-order valence-electron chi connectivity index (χ1n) is 10.7. The van der Waals surface area contributed by atoms with Gasteiger partial charge in [0.15, 0.2) is 0 Å². The van der Waals surface area contributed by atoms with Crippen LogP contribution in [0, 0.1) is 17.3 Å². The fourth-order valence-electron chi connectivity index (χ4n) is 4.60. The van der Waals surface area contributed by atoms with Gasteiger partial charge < -0.3 is 10.2 Å². The molecule has 2 aliphatic rings. The third kappa shape index (κ3) is 4.25. The molecule has 1 aromatic carbocycles. The summed E-state index contributed by atoms with van der Waals surface area (Å²) in [6, 6.07) is 12.7. The smallest absolute Gasteiger partial charge is 0.228 e. The maximum atomic E-state index is 13.1. The van der Waals surface area contributed by atoms with E-state index in [1.54, 1.807) is 11.3 Å². The van der Waals surface area contributed by atoms with E-state index >= 15 is 0 Å². The molecule has 3 atom stereocenters. The Kier molecular flexibility index (Phi) is 5.77. The van der Waals surface area contributed by atoms with Crippen LogP contribution in [-0.4, -0.2) is 36.3 Å². The Balaban J connectivity index is 1.54. The molecule has 1 N–H and O–H groups in total. The van der Waals surface area contributed by atoms with Crippen molar-refractivity contribution in [2.75, 3.05) is 19.6 Å². The summed E-state index contributed by atoms with van der Waals surface area (Å²) >= 11 is 1.73. The van der Waals surface area contributed by atoms with Crippen molar-refractivity contribution in [3.05, 3.63) is 47.3 Å². The SMILES string of the molecule is CCNC(=O)[C@]1(Cc2ccc(-c3cccs3)cc2)CCCN(C(=O)[C@H]2C[C@@H]2C)C1. The van der Waals surface area contributed by atoms with Crippen LogP contribution in [0.15, 0.2) is 41.8 Å². The van der Waals surface area contributed by atoms with Gasteiger partial charge in [0.2, 0.25) is 11.8 Å². The van der Waals surface area contributed by atoms with Crippen molar-refractivity contribution in [2.24, 2.45) is 17.3 Å². The van der Waals surface area contributed by atoms with Crippen LogP contribution < -0.4 is 5.32 Å². The summed E-state index contributed by atoms with van der Waals surface area (Å²) in [4.78, 5) is 29.2. The van der Waals surface area contributed by atoms with Crippen LogP contribution >= 0.6 is 11.3 Å². The third-order valence-corrected chi connectivity index (χ3v) is 7.36. The first-order valence-corrected chi connectivity index (χ1v) is 11.6. The highest BCUT2D eigenvalue weighted by molar-refractivity contribution is 7.13. The van der Waals surface area contributed by atoms with E-state index in [4.69, 9.17) is 0 Å². The molecule has 1 saturated heterocycles. The Bertz CT molecular complexity index is 862. The van der Waals surface area contributed by atoms with Gasteiger partial charge in [0.25, 0.3) is 0 Å². The molecule has 0 bridgehead atoms. The summed E-state index contributed by atoms with van der Waals surface area (Å²) < 4.78 is 0. The molecule has 154 valence electrons. The van der Waals surface area contributed by atoms with Gasteiger partial charge in [-0.2, -0.15) is 0 Å². The normalized spacial score (nSPS) is 26.2. The number of carbonyl (C=O) groups is 2. The van der Waals surface area contributed by atoms with E-state index in [0.717, 1.165) is 31.4 Å². The van der Waals surface area contributed by atoms with E-state index in [1.807, 2.05) is 11.8 Å². The Labute approximate surface area is 177 Å². The quantitative estimate of drug-likeness (QED) is 0.769. The van der Waals surface area contributed by atoms with Crippen LogP contribution in [0.5, 0.6) is 0 Å². The number of amides is 2. The highest BCUT2D eigenvalue weighted by Gasteiger charge is 2.47. The van der Waals surface area contributed by atoms with Gasteiger partial charge in [0.05, 0.1) is 5.41 Å². The van der Waals surface area contributed by atoms with Gasteiger partial charge in [-0.1, -0.05) is 37.3 Å². The van der Waals surface area contributed by atoms with Crippen LogP contribution in [0.4, 0.5) is 0 Å². The number of carbonyl (C=O) groups excluding carboxylic acids is 2. The van der Waals surface area contributed by atoms with E-state index in [-0.39, 0.29) is 17.7 Å². The number of piperidine rings is 1. The fourth-order valence-corrected chi connectivity index (χ4v) is 5.33. The number of hydrogen-bond acceptors (Lipinski definition) is 3. The molecule has 1 saturated carbocycles. The van der Waals surface area contributed by atoms with Crippen molar-refractivity contribution in [3.8, 4) is 10.4 Å². The zero-order chi connectivity index (χ0) is 20.4. The summed E-state index contributed by atoms with van der Waals surface area (Å²) in [6.07, 6.45) is 3.38. The molecule has 0 spiro atoms. The minimum atomic E-state index is -0.535. The van der Waals surface area contributed by atoms with E-state index in [9.17, 15) is 9.59 Å². The predicted octanol–water partition coefficient (Wildman–Crippen LogP) is 4.36. The Morgan fingerprint density at radius 3 is 2.62 bits per heavy atom. The third-order valence-electron chi connectivity index (χ3n) is 6.44. The van der Waals surface area contributed by atoms with Crippen molar-refractivity contribution in [1.29, 1.82) is 0 Å². The highest BCUT2D eigenvalue weighted by atomic mass is 32.1. The number of nitrogens with zero attached hydrogens (tertiary/aromatic N) is 1. The van der Waals surface area contributed by atoms with Crippen molar-refractivity contribution < 1.29 is 9.59 Å². The average Bonchev–Trinajstić information content (AvgIpc) is 3.22. The van der Waals surface area contributed by atoms with Gasteiger partial charge in [0, 0.05) is 30.4 Å². The summed E-state index contributed by atoms with van der Waals surface area (Å²) in [5.74, 6) is 1.00. The molecule has 5 heteroatoms. The van der Waals surface area contributed by atoms with Crippen LogP contribution in [0.25, 0.3) is 10.4 Å². The van der Waals surface area contributed by atoms with Crippen molar-refractivity contribution in [1.82, 2.24) is 10.2 Å². The van der Waals surface area contributed by atoms with E-state index in [0.29, 0.717) is 25.4 Å². The number of hydrogen-bond donors (Lipinski definition) is 1. The van der Waals surface area contributed by atoms with Gasteiger partial charge in [-0.15, -0.1) is 11.3 Å². The topological polar surface area (TPSA) is 49.4 Å². The molecule has 29 heavy (non-hydrogen) atoms. The molecule has 0 unspecified atom stereocenters. The molecule has 2 aromatic rings. The lowest BCUT2D eigenvalue weighted by atomic mass is 9.74. The van der Waals surface area contributed by atoms with Crippen molar-refractivity contribution >= 4 is 23.2 Å². The van der Waals surface area contributed by atoms with Crippen LogP contribution in [0.2, 0.25) is 0 Å². The molecule has 1 aromatic heterocycles. The molecule has 0 radical (unpaired) electrons. The predicted molar refractivity (Wildman–Crippen MR) is 118 cm³/mol. The largest absolute Gasteiger partial charge is 0.356 e. The zero-order valence-corrected chi connectivity index (χ0v) is 18.1. The minimum absolute atomic E-state index is 0.0867. The number of rotatable bonds is 6. The second kappa shape index (κ2) is 8.31. The number of thiophene rings is 1. The lowest BCUT2D eigenvalue weighted by Gasteiger charge is -2.42. The molecule has 1 aliphatic heterocycles. The Hall–Kier alpha value is -2.14. The second-order valence-corrected chi connectivity index (χ2v) is 9.62. The first kappa shape index (κ1) is 20.1.